The second kappa shape index (κ2) is 2.81. The van der Waals surface area contributed by atoms with E-state index in [9.17, 15) is 10.1 Å². The van der Waals surface area contributed by atoms with E-state index in [0.717, 1.165) is 10.1 Å². The molecule has 0 bridgehead atoms. The van der Waals surface area contributed by atoms with Crippen molar-refractivity contribution in [3.8, 4) is 0 Å². The molecule has 13 heavy (non-hydrogen) atoms. The van der Waals surface area contributed by atoms with Crippen LogP contribution in [-0.2, 0) is 0 Å². The molecule has 0 aliphatic rings. The first kappa shape index (κ1) is 8.19. The molecule has 0 saturated heterocycles. The minimum atomic E-state index is -0.369. The molecule has 0 unspecified atom stereocenters. The van der Waals surface area contributed by atoms with Gasteiger partial charge in [0.25, 0.3) is 5.69 Å². The van der Waals surface area contributed by atoms with Gasteiger partial charge in [-0.2, -0.15) is 0 Å². The first-order chi connectivity index (χ1) is 6.16. The van der Waals surface area contributed by atoms with E-state index in [2.05, 4.69) is 0 Å². The van der Waals surface area contributed by atoms with Gasteiger partial charge in [0.15, 0.2) is 0 Å². The van der Waals surface area contributed by atoms with E-state index in [1.54, 1.807) is 23.5 Å². The van der Waals surface area contributed by atoms with E-state index in [-0.39, 0.29) is 10.6 Å². The monoisotopic (exact) mass is 193 g/mol. The van der Waals surface area contributed by atoms with Gasteiger partial charge in [-0.05, 0) is 24.4 Å². The van der Waals surface area contributed by atoms with Crippen molar-refractivity contribution in [2.75, 3.05) is 0 Å². The van der Waals surface area contributed by atoms with Crippen LogP contribution >= 0.6 is 11.3 Å². The van der Waals surface area contributed by atoms with Gasteiger partial charge >= 0.3 is 0 Å². The Bertz CT molecular complexity index is 475. The molecule has 1 aromatic carbocycles. The molecule has 2 rings (SSSR count). The summed E-state index contributed by atoms with van der Waals surface area (Å²) in [6.45, 7) is 2.00. The summed E-state index contributed by atoms with van der Waals surface area (Å²) < 4.78 is 1.10. The number of nitrogens with zero attached hydrogens (tertiary/aromatic N) is 1. The molecule has 1 aromatic heterocycles. The molecule has 0 N–H and O–H groups in total. The van der Waals surface area contributed by atoms with Crippen molar-refractivity contribution in [2.45, 2.75) is 6.92 Å². The molecule has 0 saturated carbocycles. The minimum absolute atomic E-state index is 0.158. The molecule has 0 spiro atoms. The maximum Gasteiger partial charge on any atom is 0.270 e. The number of thiophene rings is 1. The zero-order chi connectivity index (χ0) is 9.42. The summed E-state index contributed by atoms with van der Waals surface area (Å²) >= 11 is 1.65. The van der Waals surface area contributed by atoms with Crippen molar-refractivity contribution >= 4 is 27.1 Å². The number of nitro benzene ring substituents is 1. The lowest BCUT2D eigenvalue weighted by atomic mass is 10.2. The van der Waals surface area contributed by atoms with Crippen LogP contribution < -0.4 is 0 Å². The fraction of sp³-hybridized carbons (Fsp3) is 0.111. The topological polar surface area (TPSA) is 43.1 Å². The quantitative estimate of drug-likeness (QED) is 0.516. The highest BCUT2D eigenvalue weighted by atomic mass is 32.1. The third-order valence-electron chi connectivity index (χ3n) is 1.83. The molecular formula is C9H7NO2S. The average molecular weight is 193 g/mol. The van der Waals surface area contributed by atoms with E-state index >= 15 is 0 Å². The number of non-ortho nitro benzene ring substituents is 1. The molecule has 0 atom stereocenters. The molecule has 4 heteroatoms. The predicted molar refractivity (Wildman–Crippen MR) is 53.2 cm³/mol. The molecule has 1 heterocycles. The highest BCUT2D eigenvalue weighted by molar-refractivity contribution is 7.19. The summed E-state index contributed by atoms with van der Waals surface area (Å²) in [6.07, 6.45) is 0. The van der Waals surface area contributed by atoms with Crippen LogP contribution in [0, 0.1) is 17.0 Å². The smallest absolute Gasteiger partial charge is 0.258 e. The van der Waals surface area contributed by atoms with Crippen molar-refractivity contribution in [3.63, 3.8) is 0 Å². The summed E-state index contributed by atoms with van der Waals surface area (Å²) in [7, 11) is 0. The third-order valence-corrected chi connectivity index (χ3v) is 2.87. The van der Waals surface area contributed by atoms with Crippen molar-refractivity contribution in [2.24, 2.45) is 0 Å². The van der Waals surface area contributed by atoms with Gasteiger partial charge in [0.1, 0.15) is 0 Å². The average Bonchev–Trinajstić information content (AvgIpc) is 2.42. The van der Waals surface area contributed by atoms with Crippen molar-refractivity contribution in [1.82, 2.24) is 0 Å². The lowest BCUT2D eigenvalue weighted by Gasteiger charge is -1.90. The Kier molecular flexibility index (Phi) is 1.77. The largest absolute Gasteiger partial charge is 0.270 e. The zero-order valence-corrected chi connectivity index (χ0v) is 7.80. The SMILES string of the molecule is Cc1cc2cc([N+](=O)[O-])ccc2s1. The van der Waals surface area contributed by atoms with Gasteiger partial charge in [0, 0.05) is 21.7 Å². The molecular weight excluding hydrogens is 186 g/mol. The lowest BCUT2D eigenvalue weighted by Crippen LogP contribution is -1.85. The number of nitro groups is 1. The van der Waals surface area contributed by atoms with Crippen LogP contribution in [0.3, 0.4) is 0 Å². The first-order valence-electron chi connectivity index (χ1n) is 3.81. The summed E-state index contributed by atoms with van der Waals surface area (Å²) in [5.74, 6) is 0. The molecule has 0 aliphatic carbocycles. The normalized spacial score (nSPS) is 10.5. The fourth-order valence-corrected chi connectivity index (χ4v) is 2.18. The Morgan fingerprint density at radius 3 is 2.85 bits per heavy atom. The highest BCUT2D eigenvalue weighted by Crippen LogP contribution is 2.27. The van der Waals surface area contributed by atoms with Crippen molar-refractivity contribution in [1.29, 1.82) is 0 Å². The van der Waals surface area contributed by atoms with Crippen LogP contribution in [0.5, 0.6) is 0 Å². The van der Waals surface area contributed by atoms with E-state index < -0.39 is 0 Å². The second-order valence-corrected chi connectivity index (χ2v) is 4.12. The van der Waals surface area contributed by atoms with E-state index in [4.69, 9.17) is 0 Å². The molecule has 0 amide bonds. The predicted octanol–water partition coefficient (Wildman–Crippen LogP) is 3.12. The molecule has 66 valence electrons. The standard InChI is InChI=1S/C9H7NO2S/c1-6-4-7-5-8(10(11)12)2-3-9(7)13-6/h2-5H,1H3. The zero-order valence-electron chi connectivity index (χ0n) is 6.98. The van der Waals surface area contributed by atoms with Gasteiger partial charge in [-0.1, -0.05) is 0 Å². The number of hydrogen-bond acceptors (Lipinski definition) is 3. The first-order valence-corrected chi connectivity index (χ1v) is 4.63. The maximum atomic E-state index is 10.5. The molecule has 0 fully saturated rings. The van der Waals surface area contributed by atoms with Crippen LogP contribution in [0.1, 0.15) is 4.88 Å². The Morgan fingerprint density at radius 2 is 2.15 bits per heavy atom. The van der Waals surface area contributed by atoms with Gasteiger partial charge in [0.2, 0.25) is 0 Å². The minimum Gasteiger partial charge on any atom is -0.258 e. The van der Waals surface area contributed by atoms with Crippen molar-refractivity contribution in [3.05, 3.63) is 39.3 Å². The number of benzene rings is 1. The fourth-order valence-electron chi connectivity index (χ4n) is 1.28. The van der Waals surface area contributed by atoms with Gasteiger partial charge in [-0.25, -0.2) is 0 Å². The van der Waals surface area contributed by atoms with Gasteiger partial charge in [-0.3, -0.25) is 10.1 Å². The molecule has 3 nitrogen and oxygen atoms in total. The summed E-state index contributed by atoms with van der Waals surface area (Å²) in [5, 5.41) is 11.4. The lowest BCUT2D eigenvalue weighted by molar-refractivity contribution is -0.384. The van der Waals surface area contributed by atoms with Crippen LogP contribution in [0.15, 0.2) is 24.3 Å². The van der Waals surface area contributed by atoms with Crippen molar-refractivity contribution < 1.29 is 4.92 Å². The Balaban J connectivity index is 2.67. The van der Waals surface area contributed by atoms with Crippen LogP contribution in [0.2, 0.25) is 0 Å². The van der Waals surface area contributed by atoms with Gasteiger partial charge in [-0.15, -0.1) is 11.3 Å². The van der Waals surface area contributed by atoms with E-state index in [0.29, 0.717) is 0 Å². The van der Waals surface area contributed by atoms with Crippen LogP contribution in [-0.4, -0.2) is 4.92 Å². The third kappa shape index (κ3) is 1.40. The summed E-state index contributed by atoms with van der Waals surface area (Å²) in [4.78, 5) is 11.3. The Labute approximate surface area is 78.8 Å². The van der Waals surface area contributed by atoms with Gasteiger partial charge in [0.05, 0.1) is 4.92 Å². The number of aryl methyl sites for hydroxylation is 1. The highest BCUT2D eigenvalue weighted by Gasteiger charge is 2.06. The number of rotatable bonds is 1. The maximum absolute atomic E-state index is 10.5. The van der Waals surface area contributed by atoms with Gasteiger partial charge < -0.3 is 0 Å². The Morgan fingerprint density at radius 1 is 1.38 bits per heavy atom. The molecule has 0 radical (unpaired) electrons. The molecule has 2 aromatic rings. The summed E-state index contributed by atoms with van der Waals surface area (Å²) in [6, 6.07) is 6.91. The molecule has 0 aliphatic heterocycles. The van der Waals surface area contributed by atoms with Crippen LogP contribution in [0.4, 0.5) is 5.69 Å². The number of hydrogen-bond donors (Lipinski definition) is 0. The second-order valence-electron chi connectivity index (χ2n) is 2.84. The van der Waals surface area contributed by atoms with E-state index in [1.165, 1.54) is 10.9 Å². The van der Waals surface area contributed by atoms with E-state index in [1.807, 2.05) is 13.0 Å². The number of fused-ring (bicyclic) bond motifs is 1. The Hall–Kier alpha value is -1.42. The van der Waals surface area contributed by atoms with Crippen LogP contribution in [0.25, 0.3) is 10.1 Å². The summed E-state index contributed by atoms with van der Waals surface area (Å²) in [5.41, 5.74) is 0.158.